The molecule has 7 nitrogen and oxygen atoms in total. The highest BCUT2D eigenvalue weighted by atomic mass is 16.5. The van der Waals surface area contributed by atoms with E-state index in [-0.39, 0.29) is 6.03 Å². The first-order valence-corrected chi connectivity index (χ1v) is 9.20. The van der Waals surface area contributed by atoms with Crippen LogP contribution in [0.25, 0.3) is 0 Å². The van der Waals surface area contributed by atoms with Crippen molar-refractivity contribution in [3.63, 3.8) is 0 Å². The second-order valence-electron chi connectivity index (χ2n) is 6.42. The fourth-order valence-electron chi connectivity index (χ4n) is 3.24. The van der Waals surface area contributed by atoms with Gasteiger partial charge in [-0.25, -0.2) is 4.79 Å². The summed E-state index contributed by atoms with van der Waals surface area (Å²) < 4.78 is 4.98. The minimum absolute atomic E-state index is 0.130. The predicted octanol–water partition coefficient (Wildman–Crippen LogP) is 3.18. The van der Waals surface area contributed by atoms with Crippen LogP contribution in [0.5, 0.6) is 0 Å². The number of hydrogen-bond donors (Lipinski definition) is 1. The summed E-state index contributed by atoms with van der Waals surface area (Å²) in [5.74, 6) is 1.14. The Labute approximate surface area is 154 Å². The molecule has 2 amide bonds. The van der Waals surface area contributed by atoms with Crippen molar-refractivity contribution in [2.45, 2.75) is 20.8 Å². The second kappa shape index (κ2) is 8.12. The lowest BCUT2D eigenvalue weighted by Gasteiger charge is -2.36. The quantitative estimate of drug-likeness (QED) is 0.890. The zero-order chi connectivity index (χ0) is 18.5. The summed E-state index contributed by atoms with van der Waals surface area (Å²) in [5, 5.41) is 6.58. The van der Waals surface area contributed by atoms with Crippen LogP contribution >= 0.6 is 0 Å². The number of aryl methyl sites for hydroxylation is 1. The number of amides is 2. The van der Waals surface area contributed by atoms with Gasteiger partial charge in [0.25, 0.3) is 0 Å². The molecule has 1 aliphatic rings. The smallest absolute Gasteiger partial charge is 0.323 e. The molecule has 1 aliphatic heterocycles. The molecule has 1 aromatic heterocycles. The molecular formula is C19H27N5O2. The minimum atomic E-state index is -0.130. The van der Waals surface area contributed by atoms with Gasteiger partial charge in [-0.2, -0.15) is 0 Å². The number of nitrogens with one attached hydrogen (secondary N) is 1. The van der Waals surface area contributed by atoms with Gasteiger partial charge in [-0.05, 0) is 45.0 Å². The Morgan fingerprint density at radius 1 is 1.15 bits per heavy atom. The van der Waals surface area contributed by atoms with E-state index < -0.39 is 0 Å². The summed E-state index contributed by atoms with van der Waals surface area (Å²) in [6, 6.07) is 10.3. The van der Waals surface area contributed by atoms with E-state index >= 15 is 0 Å². The molecule has 1 N–H and O–H groups in total. The molecule has 2 heterocycles. The third-order valence-electron chi connectivity index (χ3n) is 4.77. The number of rotatable bonds is 5. The van der Waals surface area contributed by atoms with E-state index in [0.29, 0.717) is 24.7 Å². The zero-order valence-electron chi connectivity index (χ0n) is 15.7. The van der Waals surface area contributed by atoms with Crippen LogP contribution in [0.3, 0.4) is 0 Å². The lowest BCUT2D eigenvalue weighted by molar-refractivity contribution is 0.208. The Morgan fingerprint density at radius 3 is 2.35 bits per heavy atom. The molecule has 2 aromatic rings. The first-order valence-electron chi connectivity index (χ1n) is 9.20. The van der Waals surface area contributed by atoms with E-state index in [9.17, 15) is 4.79 Å². The third kappa shape index (κ3) is 4.09. The highest BCUT2D eigenvalue weighted by Gasteiger charge is 2.22. The monoisotopic (exact) mass is 357 g/mol. The van der Waals surface area contributed by atoms with Crippen LogP contribution in [-0.4, -0.2) is 55.4 Å². The lowest BCUT2D eigenvalue weighted by atomic mass is 10.2. The number of benzene rings is 1. The molecule has 3 rings (SSSR count). The van der Waals surface area contributed by atoms with E-state index in [0.717, 1.165) is 26.2 Å². The summed E-state index contributed by atoms with van der Waals surface area (Å²) in [6.07, 6.45) is 0. The first-order chi connectivity index (χ1) is 12.6. The summed E-state index contributed by atoms with van der Waals surface area (Å²) in [5.41, 5.74) is 2.45. The Balaban J connectivity index is 1.54. The van der Waals surface area contributed by atoms with Gasteiger partial charge in [-0.3, -0.25) is 5.32 Å². The van der Waals surface area contributed by atoms with Crippen LogP contribution in [0.1, 0.15) is 19.6 Å². The lowest BCUT2D eigenvalue weighted by Crippen LogP contribution is -2.50. The van der Waals surface area contributed by atoms with Crippen LogP contribution in [0.4, 0.5) is 22.0 Å². The average molecular weight is 357 g/mol. The third-order valence-corrected chi connectivity index (χ3v) is 4.77. The standard InChI is InChI=1S/C19H27N5O2/c1-4-22(5-2)16-6-8-17(9-7-16)23-10-12-24(13-11-23)19(25)20-18-14-15(3)26-21-18/h6-9,14H,4-5,10-13H2,1-3H3,(H,20,21,25). The Bertz CT molecular complexity index is 716. The molecular weight excluding hydrogens is 330 g/mol. The van der Waals surface area contributed by atoms with Crippen molar-refractivity contribution in [2.24, 2.45) is 0 Å². The highest BCUT2D eigenvalue weighted by molar-refractivity contribution is 5.88. The van der Waals surface area contributed by atoms with Crippen molar-refractivity contribution in [1.29, 1.82) is 0 Å². The van der Waals surface area contributed by atoms with Crippen LogP contribution in [0.15, 0.2) is 34.9 Å². The van der Waals surface area contributed by atoms with Crippen molar-refractivity contribution in [1.82, 2.24) is 10.1 Å². The van der Waals surface area contributed by atoms with E-state index in [1.54, 1.807) is 13.0 Å². The minimum Gasteiger partial charge on any atom is -0.372 e. The van der Waals surface area contributed by atoms with Crippen molar-refractivity contribution < 1.29 is 9.32 Å². The normalized spacial score (nSPS) is 14.4. The van der Waals surface area contributed by atoms with Gasteiger partial charge < -0.3 is 19.2 Å². The molecule has 0 unspecified atom stereocenters. The van der Waals surface area contributed by atoms with Crippen molar-refractivity contribution in [3.8, 4) is 0 Å². The number of carbonyl (C=O) groups is 1. The van der Waals surface area contributed by atoms with Gasteiger partial charge in [-0.15, -0.1) is 0 Å². The maximum Gasteiger partial charge on any atom is 0.323 e. The van der Waals surface area contributed by atoms with Crippen LogP contribution in [0.2, 0.25) is 0 Å². The molecule has 1 aromatic carbocycles. The Morgan fingerprint density at radius 2 is 1.81 bits per heavy atom. The number of urea groups is 1. The molecule has 1 fully saturated rings. The molecule has 0 radical (unpaired) electrons. The van der Waals surface area contributed by atoms with E-state index in [2.05, 4.69) is 58.4 Å². The first kappa shape index (κ1) is 18.1. The number of aromatic nitrogens is 1. The fourth-order valence-corrected chi connectivity index (χ4v) is 3.24. The van der Waals surface area contributed by atoms with Crippen molar-refractivity contribution in [2.75, 3.05) is 54.4 Å². The largest absolute Gasteiger partial charge is 0.372 e. The summed E-state index contributed by atoms with van der Waals surface area (Å²) in [4.78, 5) is 18.8. The van der Waals surface area contributed by atoms with Gasteiger partial charge in [0.2, 0.25) is 0 Å². The van der Waals surface area contributed by atoms with E-state index in [1.807, 2.05) is 4.90 Å². The maximum atomic E-state index is 12.3. The number of piperazine rings is 1. The van der Waals surface area contributed by atoms with E-state index in [4.69, 9.17) is 4.52 Å². The van der Waals surface area contributed by atoms with Crippen LogP contribution in [0, 0.1) is 6.92 Å². The second-order valence-corrected chi connectivity index (χ2v) is 6.42. The molecule has 0 aliphatic carbocycles. The summed E-state index contributed by atoms with van der Waals surface area (Å²) in [7, 11) is 0. The number of carbonyl (C=O) groups excluding carboxylic acids is 1. The molecule has 140 valence electrons. The topological polar surface area (TPSA) is 64.8 Å². The number of anilines is 3. The van der Waals surface area contributed by atoms with Crippen molar-refractivity contribution in [3.05, 3.63) is 36.1 Å². The Hall–Kier alpha value is -2.70. The number of nitrogens with zero attached hydrogens (tertiary/aromatic N) is 4. The summed E-state index contributed by atoms with van der Waals surface area (Å²) >= 11 is 0. The molecule has 1 saturated heterocycles. The maximum absolute atomic E-state index is 12.3. The molecule has 26 heavy (non-hydrogen) atoms. The fraction of sp³-hybridized carbons (Fsp3) is 0.474. The van der Waals surface area contributed by atoms with Crippen LogP contribution in [-0.2, 0) is 0 Å². The van der Waals surface area contributed by atoms with Crippen molar-refractivity contribution >= 4 is 23.2 Å². The summed E-state index contributed by atoms with van der Waals surface area (Å²) in [6.45, 7) is 11.1. The predicted molar refractivity (Wildman–Crippen MR) is 104 cm³/mol. The molecule has 0 saturated carbocycles. The van der Waals surface area contributed by atoms with Gasteiger partial charge in [0.1, 0.15) is 5.76 Å². The average Bonchev–Trinajstić information content (AvgIpc) is 3.08. The van der Waals surface area contributed by atoms with Gasteiger partial charge in [-0.1, -0.05) is 5.16 Å². The number of hydrogen-bond acceptors (Lipinski definition) is 5. The zero-order valence-corrected chi connectivity index (χ0v) is 15.7. The van der Waals surface area contributed by atoms with Gasteiger partial charge in [0.15, 0.2) is 5.82 Å². The molecule has 7 heteroatoms. The van der Waals surface area contributed by atoms with Gasteiger partial charge >= 0.3 is 6.03 Å². The molecule has 0 atom stereocenters. The Kier molecular flexibility index (Phi) is 5.65. The molecule has 0 bridgehead atoms. The van der Waals surface area contributed by atoms with Gasteiger partial charge in [0, 0.05) is 56.7 Å². The van der Waals surface area contributed by atoms with Gasteiger partial charge in [0.05, 0.1) is 0 Å². The van der Waals surface area contributed by atoms with Crippen LogP contribution < -0.4 is 15.1 Å². The highest BCUT2D eigenvalue weighted by Crippen LogP contribution is 2.22. The molecule has 0 spiro atoms. The van der Waals surface area contributed by atoms with E-state index in [1.165, 1.54) is 11.4 Å². The SMILES string of the molecule is CCN(CC)c1ccc(N2CCN(C(=O)Nc3cc(C)on3)CC2)cc1.